The van der Waals surface area contributed by atoms with E-state index in [2.05, 4.69) is 4.99 Å². The topological polar surface area (TPSA) is 38.4 Å². The molecule has 1 aliphatic carbocycles. The molecule has 2 heteroatoms. The van der Waals surface area contributed by atoms with Crippen LogP contribution in [0.1, 0.15) is 26.2 Å². The van der Waals surface area contributed by atoms with Gasteiger partial charge in [0.15, 0.2) is 0 Å². The molecule has 1 rings (SSSR count). The van der Waals surface area contributed by atoms with Gasteiger partial charge < -0.3 is 5.73 Å². The second-order valence-electron chi connectivity index (χ2n) is 2.53. The van der Waals surface area contributed by atoms with Gasteiger partial charge in [-0.2, -0.15) is 0 Å². The summed E-state index contributed by atoms with van der Waals surface area (Å²) in [4.78, 5) is 4.14. The first-order chi connectivity index (χ1) is 4.34. The van der Waals surface area contributed by atoms with Gasteiger partial charge in [-0.25, -0.2) is 0 Å². The highest BCUT2D eigenvalue weighted by Crippen LogP contribution is 2.25. The van der Waals surface area contributed by atoms with Crippen molar-refractivity contribution >= 4 is 5.84 Å². The summed E-state index contributed by atoms with van der Waals surface area (Å²) in [6, 6.07) is 0. The Bertz CT molecular complexity index is 114. The van der Waals surface area contributed by atoms with Crippen molar-refractivity contribution in [3.8, 4) is 0 Å². The lowest BCUT2D eigenvalue weighted by Crippen LogP contribution is -2.29. The molecule has 0 heterocycles. The molecule has 0 aromatic rings. The van der Waals surface area contributed by atoms with Crippen LogP contribution in [0.25, 0.3) is 0 Å². The molecule has 2 N–H and O–H groups in total. The monoisotopic (exact) mass is 126 g/mol. The Balaban J connectivity index is 2.31. The summed E-state index contributed by atoms with van der Waals surface area (Å²) in [6.07, 6.45) is 3.86. The van der Waals surface area contributed by atoms with Crippen LogP contribution >= 0.6 is 0 Å². The Morgan fingerprint density at radius 3 is 2.67 bits per heavy atom. The number of aliphatic imine (C=N–C) groups is 1. The van der Waals surface area contributed by atoms with Gasteiger partial charge in [0.25, 0.3) is 0 Å². The van der Waals surface area contributed by atoms with E-state index in [4.69, 9.17) is 5.73 Å². The summed E-state index contributed by atoms with van der Waals surface area (Å²) < 4.78 is 0. The van der Waals surface area contributed by atoms with Crippen LogP contribution in [0.3, 0.4) is 0 Å². The molecule has 0 saturated heterocycles. The highest BCUT2D eigenvalue weighted by atomic mass is 14.9. The van der Waals surface area contributed by atoms with Crippen molar-refractivity contribution in [2.24, 2.45) is 16.6 Å². The van der Waals surface area contributed by atoms with Gasteiger partial charge in [-0.3, -0.25) is 4.99 Å². The fourth-order valence-corrected chi connectivity index (χ4v) is 1.02. The lowest BCUT2D eigenvalue weighted by atomic mass is 9.85. The summed E-state index contributed by atoms with van der Waals surface area (Å²) in [5, 5.41) is 0. The van der Waals surface area contributed by atoms with Gasteiger partial charge in [0.05, 0.1) is 5.84 Å². The SMILES string of the molecule is CCN=C(N)C1CCC1. The van der Waals surface area contributed by atoms with Gasteiger partial charge in [0.2, 0.25) is 0 Å². The number of hydrogen-bond acceptors (Lipinski definition) is 1. The number of rotatable bonds is 2. The highest BCUT2D eigenvalue weighted by Gasteiger charge is 2.20. The largest absolute Gasteiger partial charge is 0.387 e. The fourth-order valence-electron chi connectivity index (χ4n) is 1.02. The second-order valence-corrected chi connectivity index (χ2v) is 2.53. The molecule has 0 unspecified atom stereocenters. The van der Waals surface area contributed by atoms with Gasteiger partial charge >= 0.3 is 0 Å². The third-order valence-electron chi connectivity index (χ3n) is 1.86. The number of nitrogens with two attached hydrogens (primary N) is 1. The van der Waals surface area contributed by atoms with E-state index in [1.54, 1.807) is 0 Å². The lowest BCUT2D eigenvalue weighted by Gasteiger charge is -2.24. The van der Waals surface area contributed by atoms with E-state index in [0.717, 1.165) is 12.4 Å². The van der Waals surface area contributed by atoms with Gasteiger partial charge in [-0.1, -0.05) is 6.42 Å². The minimum Gasteiger partial charge on any atom is -0.387 e. The van der Waals surface area contributed by atoms with Crippen molar-refractivity contribution in [2.45, 2.75) is 26.2 Å². The molecule has 1 fully saturated rings. The molecule has 0 spiro atoms. The lowest BCUT2D eigenvalue weighted by molar-refractivity contribution is 0.410. The van der Waals surface area contributed by atoms with Gasteiger partial charge in [0, 0.05) is 12.5 Å². The van der Waals surface area contributed by atoms with E-state index in [1.165, 1.54) is 19.3 Å². The van der Waals surface area contributed by atoms with E-state index in [-0.39, 0.29) is 0 Å². The van der Waals surface area contributed by atoms with Crippen LogP contribution in [0.5, 0.6) is 0 Å². The third kappa shape index (κ3) is 1.44. The minimum atomic E-state index is 0.630. The average Bonchev–Trinajstić information content (AvgIpc) is 1.60. The van der Waals surface area contributed by atoms with Gasteiger partial charge in [-0.15, -0.1) is 0 Å². The molecule has 1 aliphatic rings. The first-order valence-corrected chi connectivity index (χ1v) is 3.64. The van der Waals surface area contributed by atoms with Crippen LogP contribution in [0.4, 0.5) is 0 Å². The molecule has 0 aromatic heterocycles. The zero-order valence-electron chi connectivity index (χ0n) is 5.93. The van der Waals surface area contributed by atoms with E-state index in [0.29, 0.717) is 5.92 Å². The summed E-state index contributed by atoms with van der Waals surface area (Å²) >= 11 is 0. The zero-order valence-corrected chi connectivity index (χ0v) is 5.93. The maximum Gasteiger partial charge on any atom is 0.0968 e. The molecule has 1 saturated carbocycles. The Labute approximate surface area is 56.2 Å². The van der Waals surface area contributed by atoms with Crippen molar-refractivity contribution in [1.29, 1.82) is 0 Å². The van der Waals surface area contributed by atoms with E-state index in [1.807, 2.05) is 6.92 Å². The standard InChI is InChI=1S/C7H14N2/c1-2-9-7(8)6-4-3-5-6/h6H,2-5H2,1H3,(H2,8,9). The second kappa shape index (κ2) is 2.85. The zero-order chi connectivity index (χ0) is 6.69. The van der Waals surface area contributed by atoms with E-state index < -0.39 is 0 Å². The van der Waals surface area contributed by atoms with Gasteiger partial charge in [-0.05, 0) is 19.8 Å². The maximum absolute atomic E-state index is 5.64. The molecule has 52 valence electrons. The smallest absolute Gasteiger partial charge is 0.0968 e. The predicted octanol–water partition coefficient (Wildman–Crippen LogP) is 1.16. The van der Waals surface area contributed by atoms with Crippen molar-refractivity contribution < 1.29 is 0 Å². The molecule has 0 radical (unpaired) electrons. The normalized spacial score (nSPS) is 21.7. The Hall–Kier alpha value is -0.530. The van der Waals surface area contributed by atoms with Crippen molar-refractivity contribution in [1.82, 2.24) is 0 Å². The predicted molar refractivity (Wildman–Crippen MR) is 39.5 cm³/mol. The molecular formula is C7H14N2. The average molecular weight is 126 g/mol. The van der Waals surface area contributed by atoms with E-state index >= 15 is 0 Å². The highest BCUT2D eigenvalue weighted by molar-refractivity contribution is 5.83. The summed E-state index contributed by atoms with van der Waals surface area (Å²) in [7, 11) is 0. The molecule has 9 heavy (non-hydrogen) atoms. The Morgan fingerprint density at radius 2 is 2.33 bits per heavy atom. The van der Waals surface area contributed by atoms with Gasteiger partial charge in [0.1, 0.15) is 0 Å². The number of nitrogens with zero attached hydrogens (tertiary/aromatic N) is 1. The fraction of sp³-hybridized carbons (Fsp3) is 0.857. The molecule has 0 amide bonds. The Morgan fingerprint density at radius 1 is 1.67 bits per heavy atom. The number of hydrogen-bond donors (Lipinski definition) is 1. The van der Waals surface area contributed by atoms with Crippen molar-refractivity contribution in [3.05, 3.63) is 0 Å². The van der Waals surface area contributed by atoms with Crippen molar-refractivity contribution in [3.63, 3.8) is 0 Å². The minimum absolute atomic E-state index is 0.630. The maximum atomic E-state index is 5.64. The van der Waals surface area contributed by atoms with Crippen LogP contribution < -0.4 is 5.73 Å². The van der Waals surface area contributed by atoms with Crippen LogP contribution in [0.15, 0.2) is 4.99 Å². The Kier molecular flexibility index (Phi) is 2.09. The van der Waals surface area contributed by atoms with Crippen LogP contribution in [0.2, 0.25) is 0 Å². The molecule has 0 aromatic carbocycles. The summed E-state index contributed by atoms with van der Waals surface area (Å²) in [5.74, 6) is 1.51. The van der Waals surface area contributed by atoms with Crippen LogP contribution in [-0.4, -0.2) is 12.4 Å². The summed E-state index contributed by atoms with van der Waals surface area (Å²) in [6.45, 7) is 2.86. The summed E-state index contributed by atoms with van der Waals surface area (Å²) in [5.41, 5.74) is 5.64. The quantitative estimate of drug-likeness (QED) is 0.437. The van der Waals surface area contributed by atoms with E-state index in [9.17, 15) is 0 Å². The molecule has 0 atom stereocenters. The van der Waals surface area contributed by atoms with Crippen LogP contribution in [0, 0.1) is 5.92 Å². The molecule has 0 bridgehead atoms. The first-order valence-electron chi connectivity index (χ1n) is 3.64. The third-order valence-corrected chi connectivity index (χ3v) is 1.86. The molecular weight excluding hydrogens is 112 g/mol. The molecule has 2 nitrogen and oxygen atoms in total. The first kappa shape index (κ1) is 6.59. The van der Waals surface area contributed by atoms with Crippen molar-refractivity contribution in [2.75, 3.05) is 6.54 Å². The van der Waals surface area contributed by atoms with Crippen LogP contribution in [-0.2, 0) is 0 Å². The molecule has 0 aliphatic heterocycles. The number of amidine groups is 1.